The Morgan fingerprint density at radius 2 is 1.91 bits per heavy atom. The summed E-state index contributed by atoms with van der Waals surface area (Å²) in [5.74, 6) is -0.641. The highest BCUT2D eigenvalue weighted by molar-refractivity contribution is 7.88. The van der Waals surface area contributed by atoms with Gasteiger partial charge in [-0.05, 0) is 50.2 Å². The van der Waals surface area contributed by atoms with Gasteiger partial charge in [-0.15, -0.1) is 0 Å². The monoisotopic (exact) mass is 464 g/mol. The number of ether oxygens (including phenoxy) is 1. The third-order valence-corrected chi connectivity index (χ3v) is 6.00. The molecule has 172 valence electrons. The number of fused-ring (bicyclic) bond motifs is 1. The second-order valence-electron chi connectivity index (χ2n) is 7.62. The molecule has 10 heteroatoms. The van der Waals surface area contributed by atoms with Gasteiger partial charge in [0.15, 0.2) is 0 Å². The van der Waals surface area contributed by atoms with Crippen LogP contribution in [0.3, 0.4) is 0 Å². The van der Waals surface area contributed by atoms with Crippen LogP contribution >= 0.6 is 0 Å². The smallest absolute Gasteiger partial charge is 0.253 e. The third-order valence-electron chi connectivity index (χ3n) is 4.75. The Bertz CT molecular complexity index is 1240. The molecule has 0 bridgehead atoms. The molecule has 8 nitrogen and oxygen atoms in total. The van der Waals surface area contributed by atoms with Crippen molar-refractivity contribution in [3.8, 4) is 17.1 Å². The molecule has 0 spiro atoms. The summed E-state index contributed by atoms with van der Waals surface area (Å²) in [4.78, 5) is 12.3. The quantitative estimate of drug-likeness (QED) is 0.502. The number of hydrogen-bond donors (Lipinski definition) is 2. The summed E-state index contributed by atoms with van der Waals surface area (Å²) in [5, 5.41) is 9.67. The van der Waals surface area contributed by atoms with Crippen molar-refractivity contribution in [1.82, 2.24) is 4.31 Å². The van der Waals surface area contributed by atoms with Crippen LogP contribution in [0.1, 0.15) is 29.8 Å². The van der Waals surface area contributed by atoms with Gasteiger partial charge in [-0.3, -0.25) is 4.79 Å². The molecule has 0 unspecified atom stereocenters. The molecule has 3 N–H and O–H groups in total. The van der Waals surface area contributed by atoms with Gasteiger partial charge < -0.3 is 20.0 Å². The number of halogens is 1. The number of carbonyl (C=O) groups is 1. The number of nitrogens with two attached hydrogens (primary N) is 1. The number of primary amides is 1. The van der Waals surface area contributed by atoms with Gasteiger partial charge in [0.25, 0.3) is 5.91 Å². The van der Waals surface area contributed by atoms with Crippen molar-refractivity contribution in [3.05, 3.63) is 53.3 Å². The van der Waals surface area contributed by atoms with Crippen LogP contribution in [0.15, 0.2) is 40.8 Å². The van der Waals surface area contributed by atoms with Crippen molar-refractivity contribution in [2.45, 2.75) is 26.5 Å². The average Bonchev–Trinajstić information content (AvgIpc) is 3.05. The molecule has 2 aromatic carbocycles. The Balaban J connectivity index is 2.22. The van der Waals surface area contributed by atoms with E-state index in [0.717, 1.165) is 10.6 Å². The van der Waals surface area contributed by atoms with Crippen molar-refractivity contribution in [3.63, 3.8) is 0 Å². The van der Waals surface area contributed by atoms with E-state index in [-0.39, 0.29) is 37.1 Å². The first kappa shape index (κ1) is 23.7. The molecule has 0 aliphatic rings. The van der Waals surface area contributed by atoms with Gasteiger partial charge >= 0.3 is 0 Å². The van der Waals surface area contributed by atoms with Gasteiger partial charge in [-0.2, -0.15) is 4.31 Å². The first-order valence-corrected chi connectivity index (χ1v) is 11.7. The predicted molar refractivity (Wildman–Crippen MR) is 118 cm³/mol. The van der Waals surface area contributed by atoms with Crippen molar-refractivity contribution in [2.75, 3.05) is 19.4 Å². The van der Waals surface area contributed by atoms with Gasteiger partial charge in [0.05, 0.1) is 24.5 Å². The number of rotatable bonds is 9. The maximum Gasteiger partial charge on any atom is 0.253 e. The number of hydrogen-bond acceptors (Lipinski definition) is 6. The lowest BCUT2D eigenvalue weighted by atomic mass is 10.0. The maximum absolute atomic E-state index is 13.4. The van der Waals surface area contributed by atoms with E-state index in [4.69, 9.17) is 14.9 Å². The molecule has 1 amide bonds. The van der Waals surface area contributed by atoms with Crippen LogP contribution in [0.2, 0.25) is 0 Å². The number of amides is 1. The molecule has 0 radical (unpaired) electrons. The summed E-state index contributed by atoms with van der Waals surface area (Å²) in [7, 11) is -3.61. The molecule has 0 saturated heterocycles. The van der Waals surface area contributed by atoms with E-state index in [9.17, 15) is 22.7 Å². The SMILES string of the molecule is CC(C)Oc1cc2c(C(N)=O)c(-c3ccc(F)cc3)oc2cc1CN(CCO)S(C)(=O)=O. The second-order valence-corrected chi connectivity index (χ2v) is 9.60. The molecule has 1 heterocycles. The molecular weight excluding hydrogens is 439 g/mol. The highest BCUT2D eigenvalue weighted by Crippen LogP contribution is 2.38. The molecule has 0 aliphatic heterocycles. The summed E-state index contributed by atoms with van der Waals surface area (Å²) in [6.07, 6.45) is 0.811. The Labute approximate surface area is 185 Å². The van der Waals surface area contributed by atoms with Crippen LogP contribution in [0, 0.1) is 5.82 Å². The zero-order valence-electron chi connectivity index (χ0n) is 18.0. The number of aliphatic hydroxyl groups is 1. The van der Waals surface area contributed by atoms with E-state index in [0.29, 0.717) is 27.8 Å². The minimum Gasteiger partial charge on any atom is -0.491 e. The first-order valence-electron chi connectivity index (χ1n) is 9.89. The molecule has 32 heavy (non-hydrogen) atoms. The fraction of sp³-hybridized carbons (Fsp3) is 0.318. The number of carbonyl (C=O) groups excluding carboxylic acids is 1. The van der Waals surface area contributed by atoms with Gasteiger partial charge in [0, 0.05) is 29.6 Å². The van der Waals surface area contributed by atoms with Gasteiger partial charge in [-0.25, -0.2) is 12.8 Å². The van der Waals surface area contributed by atoms with Gasteiger partial charge in [0.2, 0.25) is 10.0 Å². The summed E-state index contributed by atoms with van der Waals surface area (Å²) in [6, 6.07) is 8.59. The lowest BCUT2D eigenvalue weighted by Crippen LogP contribution is -2.32. The largest absolute Gasteiger partial charge is 0.491 e. The van der Waals surface area contributed by atoms with Crippen LogP contribution in [0.5, 0.6) is 5.75 Å². The standard InChI is InChI=1S/C22H25FN2O6S/c1-13(2)30-18-11-17-19(10-15(18)12-25(8-9-26)32(3,28)29)31-21(20(17)22(24)27)14-4-6-16(23)7-5-14/h4-7,10-11,13,26H,8-9,12H2,1-3H3,(H2,24,27). The molecule has 0 saturated carbocycles. The van der Waals surface area contributed by atoms with E-state index in [2.05, 4.69) is 0 Å². The molecule has 1 aromatic heterocycles. The Kier molecular flexibility index (Phi) is 6.87. The second kappa shape index (κ2) is 9.27. The van der Waals surface area contributed by atoms with Crippen LogP contribution in [0.4, 0.5) is 4.39 Å². The van der Waals surface area contributed by atoms with Crippen LogP contribution in [-0.4, -0.2) is 49.2 Å². The average molecular weight is 465 g/mol. The van der Waals surface area contributed by atoms with Gasteiger partial charge in [0.1, 0.15) is 22.9 Å². The summed E-state index contributed by atoms with van der Waals surface area (Å²) >= 11 is 0. The highest BCUT2D eigenvalue weighted by atomic mass is 32.2. The minimum absolute atomic E-state index is 0.0735. The van der Waals surface area contributed by atoms with E-state index in [1.54, 1.807) is 12.1 Å². The molecular formula is C22H25FN2O6S. The Hall–Kier alpha value is -2.95. The molecule has 3 rings (SSSR count). The van der Waals surface area contributed by atoms with Crippen molar-refractivity contribution < 1.29 is 31.9 Å². The molecule has 0 aliphatic carbocycles. The predicted octanol–water partition coefficient (Wildman–Crippen LogP) is 2.88. The van der Waals surface area contributed by atoms with Gasteiger partial charge in [-0.1, -0.05) is 0 Å². The van der Waals surface area contributed by atoms with Crippen molar-refractivity contribution in [2.24, 2.45) is 5.73 Å². The van der Waals surface area contributed by atoms with Crippen molar-refractivity contribution in [1.29, 1.82) is 0 Å². The number of benzene rings is 2. The summed E-state index contributed by atoms with van der Waals surface area (Å²) in [5.41, 5.74) is 6.98. The van der Waals surface area contributed by atoms with Crippen LogP contribution in [0.25, 0.3) is 22.3 Å². The van der Waals surface area contributed by atoms with E-state index in [1.807, 2.05) is 13.8 Å². The lowest BCUT2D eigenvalue weighted by Gasteiger charge is -2.21. The molecule has 3 aromatic rings. The van der Waals surface area contributed by atoms with Crippen LogP contribution < -0.4 is 10.5 Å². The van der Waals surface area contributed by atoms with E-state index < -0.39 is 21.7 Å². The summed E-state index contributed by atoms with van der Waals surface area (Å²) < 4.78 is 50.6. The lowest BCUT2D eigenvalue weighted by molar-refractivity contribution is 0.100. The number of aliphatic hydroxyl groups excluding tert-OH is 1. The maximum atomic E-state index is 13.4. The fourth-order valence-electron chi connectivity index (χ4n) is 3.37. The molecule has 0 fully saturated rings. The third kappa shape index (κ3) is 5.09. The Morgan fingerprint density at radius 3 is 2.44 bits per heavy atom. The highest BCUT2D eigenvalue weighted by Gasteiger charge is 2.25. The minimum atomic E-state index is -3.61. The first-order chi connectivity index (χ1) is 15.0. The van der Waals surface area contributed by atoms with Crippen LogP contribution in [-0.2, 0) is 16.6 Å². The Morgan fingerprint density at radius 1 is 1.25 bits per heavy atom. The van der Waals surface area contributed by atoms with Crippen molar-refractivity contribution >= 4 is 26.9 Å². The molecule has 0 atom stereocenters. The van der Waals surface area contributed by atoms with E-state index >= 15 is 0 Å². The van der Waals surface area contributed by atoms with E-state index in [1.165, 1.54) is 24.3 Å². The number of nitrogens with zero attached hydrogens (tertiary/aromatic N) is 1. The zero-order chi connectivity index (χ0) is 23.6. The number of furan rings is 1. The topological polar surface area (TPSA) is 123 Å². The number of sulfonamides is 1. The normalized spacial score (nSPS) is 12.1. The summed E-state index contributed by atoms with van der Waals surface area (Å²) in [6.45, 7) is 3.10. The zero-order valence-corrected chi connectivity index (χ0v) is 18.8. The fourth-order valence-corrected chi connectivity index (χ4v) is 4.15.